The molecule has 0 aliphatic carbocycles. The minimum absolute atomic E-state index is 0.707. The normalized spacial score (nSPS) is 12.1. The molecule has 0 spiro atoms. The predicted molar refractivity (Wildman–Crippen MR) is 198 cm³/mol. The van der Waals surface area contributed by atoms with E-state index in [1.54, 1.807) is 0 Å². The van der Waals surface area contributed by atoms with Crippen LogP contribution < -0.4 is 0 Å². The molecule has 48 heavy (non-hydrogen) atoms. The molecule has 3 heteroatoms. The average Bonchev–Trinajstić information content (AvgIpc) is 3.49. The van der Waals surface area contributed by atoms with Crippen molar-refractivity contribution < 1.29 is 0 Å². The molecule has 2 bridgehead atoms. The third-order valence-electron chi connectivity index (χ3n) is 9.76. The van der Waals surface area contributed by atoms with Crippen molar-refractivity contribution in [1.82, 2.24) is 14.5 Å². The fourth-order valence-corrected chi connectivity index (χ4v) is 7.50. The first-order chi connectivity index (χ1) is 23.8. The zero-order valence-corrected chi connectivity index (χ0v) is 26.1. The first-order valence-corrected chi connectivity index (χ1v) is 16.5. The van der Waals surface area contributed by atoms with Crippen LogP contribution in [0.15, 0.2) is 164 Å². The highest BCUT2D eigenvalue weighted by Gasteiger charge is 2.25. The van der Waals surface area contributed by atoms with E-state index >= 15 is 0 Å². The van der Waals surface area contributed by atoms with Gasteiger partial charge in [0.1, 0.15) is 0 Å². The van der Waals surface area contributed by atoms with E-state index in [0.717, 1.165) is 45.2 Å². The van der Waals surface area contributed by atoms with Crippen LogP contribution in [0.1, 0.15) is 11.1 Å². The summed E-state index contributed by atoms with van der Waals surface area (Å²) in [5, 5.41) is 4.90. The number of benzene rings is 7. The molecule has 0 unspecified atom stereocenters. The molecule has 0 amide bonds. The molecule has 0 atom stereocenters. The van der Waals surface area contributed by atoms with Crippen molar-refractivity contribution in [3.05, 3.63) is 175 Å². The van der Waals surface area contributed by atoms with E-state index < -0.39 is 0 Å². The summed E-state index contributed by atoms with van der Waals surface area (Å²) >= 11 is 0. The van der Waals surface area contributed by atoms with E-state index in [9.17, 15) is 0 Å². The van der Waals surface area contributed by atoms with Crippen LogP contribution >= 0.6 is 0 Å². The van der Waals surface area contributed by atoms with Crippen molar-refractivity contribution in [3.8, 4) is 50.7 Å². The molecule has 0 radical (unpaired) electrons. The lowest BCUT2D eigenvalue weighted by Gasteiger charge is -2.19. The molecule has 1 aliphatic heterocycles. The second-order valence-electron chi connectivity index (χ2n) is 12.6. The van der Waals surface area contributed by atoms with Crippen LogP contribution in [0.25, 0.3) is 83.3 Å². The van der Waals surface area contributed by atoms with Crippen LogP contribution in [0.2, 0.25) is 0 Å². The molecular formula is C45H29N3. The molecule has 2 aromatic heterocycles. The largest absolute Gasteiger partial charge is 0.309 e. The van der Waals surface area contributed by atoms with Gasteiger partial charge in [-0.25, -0.2) is 9.97 Å². The quantitative estimate of drug-likeness (QED) is 0.199. The fraction of sp³-hybridized carbons (Fsp3) is 0.0222. The maximum atomic E-state index is 5.49. The summed E-state index contributed by atoms with van der Waals surface area (Å²) < 4.78 is 2.45. The van der Waals surface area contributed by atoms with Crippen molar-refractivity contribution in [2.45, 2.75) is 6.42 Å². The summed E-state index contributed by atoms with van der Waals surface area (Å²) in [4.78, 5) is 10.9. The predicted octanol–water partition coefficient (Wildman–Crippen LogP) is 11.3. The maximum absolute atomic E-state index is 5.49. The van der Waals surface area contributed by atoms with Gasteiger partial charge in [-0.2, -0.15) is 0 Å². The Labute approximate surface area is 278 Å². The van der Waals surface area contributed by atoms with Gasteiger partial charge in [-0.3, -0.25) is 0 Å². The summed E-state index contributed by atoms with van der Waals surface area (Å²) in [6, 6.07) is 58.8. The summed E-state index contributed by atoms with van der Waals surface area (Å²) in [5.41, 5.74) is 13.4. The van der Waals surface area contributed by atoms with Crippen LogP contribution in [0.5, 0.6) is 0 Å². The lowest BCUT2D eigenvalue weighted by molar-refractivity contribution is 1.09. The number of hydrogen-bond donors (Lipinski definition) is 0. The highest BCUT2D eigenvalue weighted by atomic mass is 15.0. The molecule has 3 heterocycles. The van der Waals surface area contributed by atoms with E-state index in [0.29, 0.717) is 6.42 Å². The topological polar surface area (TPSA) is 30.7 Å². The van der Waals surface area contributed by atoms with Gasteiger partial charge in [0.2, 0.25) is 0 Å². The van der Waals surface area contributed by atoms with Crippen LogP contribution in [0, 0.1) is 0 Å². The number of rotatable bonds is 3. The number of hydrogen-bond acceptors (Lipinski definition) is 2. The number of para-hydroxylation sites is 1. The van der Waals surface area contributed by atoms with Crippen molar-refractivity contribution in [1.29, 1.82) is 0 Å². The highest BCUT2D eigenvalue weighted by molar-refractivity contribution is 6.10. The minimum atomic E-state index is 0.707. The van der Waals surface area contributed by atoms with E-state index in [-0.39, 0.29) is 0 Å². The maximum Gasteiger partial charge on any atom is 0.160 e. The lowest BCUT2D eigenvalue weighted by Crippen LogP contribution is -2.06. The summed E-state index contributed by atoms with van der Waals surface area (Å²) in [6.07, 6.45) is 0.707. The van der Waals surface area contributed by atoms with Gasteiger partial charge < -0.3 is 4.57 Å². The van der Waals surface area contributed by atoms with Gasteiger partial charge in [0.15, 0.2) is 5.82 Å². The molecule has 9 aromatic rings. The standard InChI is InChI=1S/C45H29N3/c1-3-12-30(13-4-1)32-18-11-19-35(26-32)43-39-24-29-22-23-37-36-20-9-10-21-40(36)48(41(37)25-29)42-28-34-17-8-7-16-33(34)27-38(42)44(39)47-45(46-43)31-14-5-2-6-15-31/h1-23,25-28H,24H2. The number of fused-ring (bicyclic) bond motifs is 9. The van der Waals surface area contributed by atoms with Crippen molar-refractivity contribution in [2.75, 3.05) is 0 Å². The van der Waals surface area contributed by atoms with Crippen LogP contribution in [0.4, 0.5) is 0 Å². The Morgan fingerprint density at radius 2 is 1.08 bits per heavy atom. The zero-order chi connectivity index (χ0) is 31.6. The SMILES string of the molecule is c1ccc(-c2cccc(-c3nc(-c4ccccc4)nc4c3Cc3ccc5c6ccccc6n(c5c3)-c3cc5ccccc5cc3-4)c2)cc1. The smallest absolute Gasteiger partial charge is 0.160 e. The Morgan fingerprint density at radius 1 is 0.438 bits per heavy atom. The van der Waals surface area contributed by atoms with Crippen LogP contribution in [-0.2, 0) is 6.42 Å². The Kier molecular flexibility index (Phi) is 5.94. The van der Waals surface area contributed by atoms with Gasteiger partial charge in [0.05, 0.1) is 28.1 Å². The summed E-state index contributed by atoms with van der Waals surface area (Å²) in [6.45, 7) is 0. The van der Waals surface area contributed by atoms with Crippen LogP contribution in [-0.4, -0.2) is 14.5 Å². The second-order valence-corrected chi connectivity index (χ2v) is 12.6. The molecule has 7 aromatic carbocycles. The molecule has 0 saturated heterocycles. The number of aromatic nitrogens is 3. The molecule has 3 nitrogen and oxygen atoms in total. The van der Waals surface area contributed by atoms with Gasteiger partial charge in [-0.1, -0.05) is 133 Å². The Morgan fingerprint density at radius 3 is 1.92 bits per heavy atom. The molecule has 10 rings (SSSR count). The van der Waals surface area contributed by atoms with E-state index in [1.165, 1.54) is 49.3 Å². The minimum Gasteiger partial charge on any atom is -0.309 e. The van der Waals surface area contributed by atoms with Crippen molar-refractivity contribution in [2.24, 2.45) is 0 Å². The van der Waals surface area contributed by atoms with Crippen LogP contribution in [0.3, 0.4) is 0 Å². The summed E-state index contributed by atoms with van der Waals surface area (Å²) in [5.74, 6) is 0.724. The molecule has 1 aliphatic rings. The Bertz CT molecular complexity index is 2690. The van der Waals surface area contributed by atoms with Gasteiger partial charge in [-0.15, -0.1) is 0 Å². The Balaban J connectivity index is 1.35. The second kappa shape index (κ2) is 10.6. The molecular weight excluding hydrogens is 583 g/mol. The third kappa shape index (κ3) is 4.21. The molecule has 0 saturated carbocycles. The van der Waals surface area contributed by atoms with Gasteiger partial charge in [0, 0.05) is 39.4 Å². The van der Waals surface area contributed by atoms with Crippen molar-refractivity contribution in [3.63, 3.8) is 0 Å². The molecule has 224 valence electrons. The molecule has 0 fully saturated rings. The van der Waals surface area contributed by atoms with Gasteiger partial charge in [0.25, 0.3) is 0 Å². The van der Waals surface area contributed by atoms with E-state index in [1.807, 2.05) is 6.07 Å². The van der Waals surface area contributed by atoms with E-state index in [2.05, 4.69) is 162 Å². The first kappa shape index (κ1) is 26.9. The first-order valence-electron chi connectivity index (χ1n) is 16.5. The Hall–Kier alpha value is -6.32. The third-order valence-corrected chi connectivity index (χ3v) is 9.76. The van der Waals surface area contributed by atoms with Gasteiger partial charge >= 0.3 is 0 Å². The molecule has 0 N–H and O–H groups in total. The van der Waals surface area contributed by atoms with Gasteiger partial charge in [-0.05, 0) is 57.8 Å². The van der Waals surface area contributed by atoms with E-state index in [4.69, 9.17) is 9.97 Å². The number of nitrogens with zero attached hydrogens (tertiary/aromatic N) is 3. The summed E-state index contributed by atoms with van der Waals surface area (Å²) in [7, 11) is 0. The lowest BCUT2D eigenvalue weighted by atomic mass is 9.91. The average molecular weight is 612 g/mol. The van der Waals surface area contributed by atoms with Crippen molar-refractivity contribution >= 4 is 32.6 Å². The zero-order valence-electron chi connectivity index (χ0n) is 26.1. The highest BCUT2D eigenvalue weighted by Crippen LogP contribution is 2.43. The monoisotopic (exact) mass is 611 g/mol. The fourth-order valence-electron chi connectivity index (χ4n) is 7.50.